The summed E-state index contributed by atoms with van der Waals surface area (Å²) in [7, 11) is 0. The van der Waals surface area contributed by atoms with E-state index in [2.05, 4.69) is 36.2 Å². The Bertz CT molecular complexity index is 850. The van der Waals surface area contributed by atoms with Gasteiger partial charge in [0.25, 0.3) is 0 Å². The van der Waals surface area contributed by atoms with Crippen molar-refractivity contribution in [2.75, 3.05) is 5.32 Å². The van der Waals surface area contributed by atoms with Crippen molar-refractivity contribution in [3.63, 3.8) is 0 Å². The lowest BCUT2D eigenvalue weighted by Gasteiger charge is -2.44. The number of benzene rings is 1. The van der Waals surface area contributed by atoms with Crippen molar-refractivity contribution in [3.05, 3.63) is 59.0 Å². The van der Waals surface area contributed by atoms with Crippen molar-refractivity contribution in [1.29, 1.82) is 0 Å². The molecule has 23 heavy (non-hydrogen) atoms. The molecule has 0 aliphatic heterocycles. The Morgan fingerprint density at radius 3 is 2.78 bits per heavy atom. The summed E-state index contributed by atoms with van der Waals surface area (Å²) in [6, 6.07) is 11.5. The summed E-state index contributed by atoms with van der Waals surface area (Å²) in [5.74, 6) is 0.498. The SMILES string of the molecule is FC1CC(Nc2ncc3cc(Br)ccc3n2)(c2ccccn2)C1. The van der Waals surface area contributed by atoms with Crippen LogP contribution >= 0.6 is 15.9 Å². The standard InChI is InChI=1S/C17H14BrFN4/c18-12-4-5-14-11(7-12)10-21-16(22-14)23-17(8-13(19)9-17)15-3-1-2-6-20-15/h1-7,10,13H,8-9H2,(H,21,22,23). The van der Waals surface area contributed by atoms with Crippen molar-refractivity contribution in [3.8, 4) is 0 Å². The molecule has 0 saturated heterocycles. The molecule has 1 fully saturated rings. The number of hydrogen-bond acceptors (Lipinski definition) is 4. The first-order chi connectivity index (χ1) is 11.1. The number of hydrogen-bond donors (Lipinski definition) is 1. The first-order valence-corrected chi connectivity index (χ1v) is 8.20. The van der Waals surface area contributed by atoms with E-state index < -0.39 is 11.7 Å². The lowest BCUT2D eigenvalue weighted by atomic mass is 9.72. The van der Waals surface area contributed by atoms with Crippen LogP contribution in [0.25, 0.3) is 10.9 Å². The van der Waals surface area contributed by atoms with Crippen LogP contribution in [0.15, 0.2) is 53.3 Å². The molecule has 0 spiro atoms. The van der Waals surface area contributed by atoms with E-state index in [4.69, 9.17) is 0 Å². The van der Waals surface area contributed by atoms with Gasteiger partial charge in [0.2, 0.25) is 5.95 Å². The van der Waals surface area contributed by atoms with Gasteiger partial charge in [-0.1, -0.05) is 22.0 Å². The Hall–Kier alpha value is -2.08. The number of rotatable bonds is 3. The van der Waals surface area contributed by atoms with Gasteiger partial charge < -0.3 is 5.32 Å². The lowest BCUT2D eigenvalue weighted by molar-refractivity contribution is 0.111. The highest BCUT2D eigenvalue weighted by atomic mass is 79.9. The van der Waals surface area contributed by atoms with Gasteiger partial charge in [-0.3, -0.25) is 4.98 Å². The topological polar surface area (TPSA) is 50.7 Å². The third-order valence-electron chi connectivity index (χ3n) is 4.19. The molecular weight excluding hydrogens is 359 g/mol. The van der Waals surface area contributed by atoms with Gasteiger partial charge in [-0.15, -0.1) is 0 Å². The molecular formula is C17H14BrFN4. The van der Waals surface area contributed by atoms with Crippen LogP contribution in [0.3, 0.4) is 0 Å². The summed E-state index contributed by atoms with van der Waals surface area (Å²) in [4.78, 5) is 13.3. The molecule has 2 heterocycles. The lowest BCUT2D eigenvalue weighted by Crippen LogP contribution is -2.49. The molecule has 0 atom stereocenters. The second-order valence-corrected chi connectivity index (χ2v) is 6.74. The minimum Gasteiger partial charge on any atom is -0.343 e. The summed E-state index contributed by atoms with van der Waals surface area (Å²) in [5.41, 5.74) is 1.15. The fourth-order valence-electron chi connectivity index (χ4n) is 3.00. The molecule has 3 aromatic rings. The van der Waals surface area contributed by atoms with E-state index in [-0.39, 0.29) is 0 Å². The van der Waals surface area contributed by atoms with E-state index >= 15 is 0 Å². The second-order valence-electron chi connectivity index (χ2n) is 5.82. The average molecular weight is 373 g/mol. The predicted octanol–water partition coefficient (Wildman–Crippen LogP) is 4.23. The molecule has 4 rings (SSSR count). The number of anilines is 1. The maximum absolute atomic E-state index is 13.6. The Morgan fingerprint density at radius 2 is 2.04 bits per heavy atom. The maximum Gasteiger partial charge on any atom is 0.223 e. The van der Waals surface area contributed by atoms with Gasteiger partial charge in [-0.2, -0.15) is 0 Å². The molecule has 1 aliphatic carbocycles. The van der Waals surface area contributed by atoms with Crippen molar-refractivity contribution in [2.45, 2.75) is 24.6 Å². The highest BCUT2D eigenvalue weighted by molar-refractivity contribution is 9.10. The third-order valence-corrected chi connectivity index (χ3v) is 4.68. The van der Waals surface area contributed by atoms with Crippen LogP contribution in [0, 0.1) is 0 Å². The number of pyridine rings is 1. The van der Waals surface area contributed by atoms with Crippen LogP contribution in [-0.4, -0.2) is 21.1 Å². The summed E-state index contributed by atoms with van der Waals surface area (Å²) in [5, 5.41) is 4.26. The molecule has 2 aromatic heterocycles. The first kappa shape index (κ1) is 14.5. The number of aromatic nitrogens is 3. The van der Waals surface area contributed by atoms with Gasteiger partial charge in [0.1, 0.15) is 6.17 Å². The van der Waals surface area contributed by atoms with Crippen molar-refractivity contribution in [1.82, 2.24) is 15.0 Å². The van der Waals surface area contributed by atoms with Gasteiger partial charge in [0.15, 0.2) is 0 Å². The van der Waals surface area contributed by atoms with E-state index in [9.17, 15) is 4.39 Å². The fourth-order valence-corrected chi connectivity index (χ4v) is 3.37. The van der Waals surface area contributed by atoms with Gasteiger partial charge in [-0.25, -0.2) is 14.4 Å². The Morgan fingerprint density at radius 1 is 1.17 bits per heavy atom. The summed E-state index contributed by atoms with van der Waals surface area (Å²) < 4.78 is 14.6. The maximum atomic E-state index is 13.6. The molecule has 0 radical (unpaired) electrons. The van der Waals surface area contributed by atoms with E-state index in [1.165, 1.54) is 0 Å². The van der Waals surface area contributed by atoms with E-state index in [1.54, 1.807) is 12.4 Å². The van der Waals surface area contributed by atoms with Crippen LogP contribution in [0.4, 0.5) is 10.3 Å². The Labute approximate surface area is 141 Å². The highest BCUT2D eigenvalue weighted by Gasteiger charge is 2.47. The predicted molar refractivity (Wildman–Crippen MR) is 90.9 cm³/mol. The van der Waals surface area contributed by atoms with Crippen LogP contribution in [0.1, 0.15) is 18.5 Å². The third kappa shape index (κ3) is 2.67. The number of alkyl halides is 1. The van der Waals surface area contributed by atoms with Crippen LogP contribution in [0.2, 0.25) is 0 Å². The molecule has 4 nitrogen and oxygen atoms in total. The molecule has 116 valence electrons. The van der Waals surface area contributed by atoms with Gasteiger partial charge in [0, 0.05) is 35.1 Å². The molecule has 1 aliphatic rings. The van der Waals surface area contributed by atoms with Crippen LogP contribution in [-0.2, 0) is 5.54 Å². The highest BCUT2D eigenvalue weighted by Crippen LogP contribution is 2.44. The molecule has 0 amide bonds. The Kier molecular flexibility index (Phi) is 3.49. The summed E-state index contributed by atoms with van der Waals surface area (Å²) in [6.45, 7) is 0. The summed E-state index contributed by atoms with van der Waals surface area (Å²) in [6.07, 6.45) is 3.44. The monoisotopic (exact) mass is 372 g/mol. The number of nitrogens with zero attached hydrogens (tertiary/aromatic N) is 3. The van der Waals surface area contributed by atoms with Crippen LogP contribution in [0.5, 0.6) is 0 Å². The average Bonchev–Trinajstić information content (AvgIpc) is 2.54. The molecule has 1 saturated carbocycles. The van der Waals surface area contributed by atoms with Crippen molar-refractivity contribution >= 4 is 32.8 Å². The van der Waals surface area contributed by atoms with E-state index in [0.717, 1.165) is 21.1 Å². The van der Waals surface area contributed by atoms with Crippen molar-refractivity contribution < 1.29 is 4.39 Å². The van der Waals surface area contributed by atoms with Gasteiger partial charge in [-0.05, 0) is 30.3 Å². The normalized spacial score (nSPS) is 23.5. The number of nitrogens with one attached hydrogen (secondary N) is 1. The molecule has 6 heteroatoms. The zero-order valence-corrected chi connectivity index (χ0v) is 13.8. The summed E-state index contributed by atoms with van der Waals surface area (Å²) >= 11 is 3.44. The molecule has 1 N–H and O–H groups in total. The van der Waals surface area contributed by atoms with E-state index in [0.29, 0.717) is 18.8 Å². The largest absolute Gasteiger partial charge is 0.343 e. The van der Waals surface area contributed by atoms with Gasteiger partial charge >= 0.3 is 0 Å². The second kappa shape index (κ2) is 5.53. The Balaban J connectivity index is 1.69. The van der Waals surface area contributed by atoms with Crippen LogP contribution < -0.4 is 5.32 Å². The smallest absolute Gasteiger partial charge is 0.223 e. The van der Waals surface area contributed by atoms with E-state index in [1.807, 2.05) is 36.4 Å². The number of fused-ring (bicyclic) bond motifs is 1. The molecule has 1 aromatic carbocycles. The minimum absolute atomic E-state index is 0.381. The zero-order chi connectivity index (χ0) is 15.9. The number of halogens is 2. The minimum atomic E-state index is -0.819. The van der Waals surface area contributed by atoms with Gasteiger partial charge in [0.05, 0.1) is 16.7 Å². The molecule has 0 unspecified atom stereocenters. The fraction of sp³-hybridized carbons (Fsp3) is 0.235. The van der Waals surface area contributed by atoms with Crippen molar-refractivity contribution in [2.24, 2.45) is 0 Å². The first-order valence-electron chi connectivity index (χ1n) is 7.41. The quantitative estimate of drug-likeness (QED) is 0.747. The molecule has 0 bridgehead atoms. The zero-order valence-electron chi connectivity index (χ0n) is 12.2.